The van der Waals surface area contributed by atoms with Gasteiger partial charge < -0.3 is 14.7 Å². The van der Waals surface area contributed by atoms with E-state index in [2.05, 4.69) is 0 Å². The molecule has 1 unspecified atom stereocenters. The zero-order valence-corrected chi connectivity index (χ0v) is 22.4. The number of nitrogens with zero attached hydrogens (tertiary/aromatic N) is 2. The van der Waals surface area contributed by atoms with Crippen LogP contribution in [0.2, 0.25) is 0 Å². The van der Waals surface area contributed by atoms with Crippen molar-refractivity contribution in [2.24, 2.45) is 5.92 Å². The molecule has 202 valence electrons. The summed E-state index contributed by atoms with van der Waals surface area (Å²) in [4.78, 5) is 14.6. The Hall–Kier alpha value is -3.27. The molecule has 1 aliphatic rings. The molecule has 4 rings (SSSR count). The van der Waals surface area contributed by atoms with Crippen LogP contribution in [0.5, 0.6) is 5.75 Å². The maximum absolute atomic E-state index is 13.6. The molecule has 1 atom stereocenters. The number of amides is 1. The number of halogens is 1. The smallest absolute Gasteiger partial charge is 0.410 e. The molecule has 1 amide bonds. The lowest BCUT2D eigenvalue weighted by atomic mass is 9.72. The molecule has 1 heterocycles. The summed E-state index contributed by atoms with van der Waals surface area (Å²) >= 11 is 0. The summed E-state index contributed by atoms with van der Waals surface area (Å²) in [6.07, 6.45) is 0.491. The summed E-state index contributed by atoms with van der Waals surface area (Å²) in [5.41, 5.74) is -0.0183. The van der Waals surface area contributed by atoms with Gasteiger partial charge in [0.25, 0.3) is 0 Å². The zero-order chi connectivity index (χ0) is 27.3. The van der Waals surface area contributed by atoms with Crippen LogP contribution < -0.4 is 4.74 Å². The van der Waals surface area contributed by atoms with Crippen molar-refractivity contribution in [3.8, 4) is 5.75 Å². The summed E-state index contributed by atoms with van der Waals surface area (Å²) in [7, 11) is -3.60. The minimum atomic E-state index is -3.60. The molecule has 1 fully saturated rings. The first kappa shape index (κ1) is 27.8. The molecule has 7 nitrogen and oxygen atoms in total. The molecule has 9 heteroatoms. The van der Waals surface area contributed by atoms with Gasteiger partial charge in [-0.25, -0.2) is 17.6 Å². The summed E-state index contributed by atoms with van der Waals surface area (Å²) in [5.74, 6) is -0.327. The fraction of sp³-hybridized carbons (Fsp3) is 0.345. The molecule has 1 saturated heterocycles. The van der Waals surface area contributed by atoms with Crippen LogP contribution in [0, 0.1) is 11.7 Å². The third kappa shape index (κ3) is 5.60. The minimum absolute atomic E-state index is 0.141. The molecule has 1 N–H and O–H groups in total. The first-order chi connectivity index (χ1) is 18.2. The zero-order valence-electron chi connectivity index (χ0n) is 21.6. The Labute approximate surface area is 223 Å². The van der Waals surface area contributed by atoms with Crippen LogP contribution in [0.1, 0.15) is 37.8 Å². The van der Waals surface area contributed by atoms with E-state index < -0.39 is 21.7 Å². The van der Waals surface area contributed by atoms with E-state index in [0.29, 0.717) is 50.1 Å². The minimum Gasteiger partial charge on any atom is -0.410 e. The molecule has 0 aromatic heterocycles. The molecule has 0 aliphatic carbocycles. The van der Waals surface area contributed by atoms with Crippen LogP contribution in [0.25, 0.3) is 0 Å². The average molecular weight is 541 g/mol. The van der Waals surface area contributed by atoms with Gasteiger partial charge in [-0.3, -0.25) is 0 Å². The van der Waals surface area contributed by atoms with Crippen molar-refractivity contribution in [2.75, 3.05) is 26.2 Å². The van der Waals surface area contributed by atoms with Crippen molar-refractivity contribution in [3.63, 3.8) is 0 Å². The Morgan fingerprint density at radius 1 is 0.947 bits per heavy atom. The Bertz CT molecular complexity index is 1320. The number of carbonyl (C=O) groups excluding carboxylic acids is 1. The van der Waals surface area contributed by atoms with Crippen LogP contribution in [0.4, 0.5) is 9.18 Å². The lowest BCUT2D eigenvalue weighted by Crippen LogP contribution is -2.46. The Balaban J connectivity index is 1.44. The van der Waals surface area contributed by atoms with Gasteiger partial charge in [-0.2, -0.15) is 4.31 Å². The number of hydrogen-bond donors (Lipinski definition) is 1. The summed E-state index contributed by atoms with van der Waals surface area (Å²) in [6.45, 7) is 5.03. The molecule has 38 heavy (non-hydrogen) atoms. The van der Waals surface area contributed by atoms with Crippen molar-refractivity contribution in [1.82, 2.24) is 9.21 Å². The number of sulfonamides is 1. The van der Waals surface area contributed by atoms with Gasteiger partial charge in [-0.1, -0.05) is 56.3 Å². The summed E-state index contributed by atoms with van der Waals surface area (Å²) in [5, 5.41) is 12.0. The molecular weight excluding hydrogens is 507 g/mol. The molecule has 0 bridgehead atoms. The molecular formula is C29H33FN2O5S. The average Bonchev–Trinajstić information content (AvgIpc) is 2.94. The van der Waals surface area contributed by atoms with Crippen LogP contribution in [0.15, 0.2) is 83.8 Å². The highest BCUT2D eigenvalue weighted by Crippen LogP contribution is 2.42. The molecule has 0 radical (unpaired) electrons. The number of likely N-dealkylation sites (tertiary alicyclic amines) is 1. The lowest BCUT2D eigenvalue weighted by Gasteiger charge is -2.42. The first-order valence-corrected chi connectivity index (χ1v) is 14.2. The fourth-order valence-corrected chi connectivity index (χ4v) is 6.53. The predicted molar refractivity (Wildman–Crippen MR) is 143 cm³/mol. The fourth-order valence-electron chi connectivity index (χ4n) is 5.07. The van der Waals surface area contributed by atoms with Gasteiger partial charge in [-0.05, 0) is 66.3 Å². The van der Waals surface area contributed by atoms with E-state index in [1.54, 1.807) is 30.9 Å². The third-order valence-electron chi connectivity index (χ3n) is 7.21. The van der Waals surface area contributed by atoms with Gasteiger partial charge in [0.05, 0.1) is 4.90 Å². The molecule has 0 spiro atoms. The number of rotatable bonds is 8. The van der Waals surface area contributed by atoms with Gasteiger partial charge in [0.1, 0.15) is 17.2 Å². The number of benzene rings is 3. The number of hydrogen-bond acceptors (Lipinski definition) is 5. The van der Waals surface area contributed by atoms with Crippen molar-refractivity contribution < 1.29 is 27.4 Å². The quantitative estimate of drug-likeness (QED) is 0.434. The standard InChI is InChI=1S/C29H33FN2O5S/c1-3-32(4-2)38(35,36)27-16-14-26(15-17-27)37-28(33)31-20-18-24(19-21-31)29(34,22-8-6-5-7-9-22)23-10-12-25(30)13-11-23/h5-17,24,34H,3-4,18-21H2,1-2H3. The van der Waals surface area contributed by atoms with Crippen molar-refractivity contribution in [2.45, 2.75) is 37.2 Å². The SMILES string of the molecule is CCN(CC)S(=O)(=O)c1ccc(OC(=O)N2CCC(C(O)(c3ccccc3)c3ccc(F)cc3)CC2)cc1. The Morgan fingerprint density at radius 2 is 1.50 bits per heavy atom. The van der Waals surface area contributed by atoms with Gasteiger partial charge in [0, 0.05) is 26.2 Å². The van der Waals surface area contributed by atoms with E-state index in [1.807, 2.05) is 30.3 Å². The maximum atomic E-state index is 13.6. The molecule has 3 aromatic carbocycles. The maximum Gasteiger partial charge on any atom is 0.415 e. The number of piperidine rings is 1. The Morgan fingerprint density at radius 3 is 2.05 bits per heavy atom. The molecule has 1 aliphatic heterocycles. The summed E-state index contributed by atoms with van der Waals surface area (Å²) in [6, 6.07) is 21.0. The van der Waals surface area contributed by atoms with Gasteiger partial charge in [-0.15, -0.1) is 0 Å². The normalized spacial score (nSPS) is 16.3. The Kier molecular flexibility index (Phi) is 8.50. The van der Waals surface area contributed by atoms with E-state index in [-0.39, 0.29) is 22.4 Å². The second-order valence-electron chi connectivity index (χ2n) is 9.33. The van der Waals surface area contributed by atoms with E-state index in [4.69, 9.17) is 4.74 Å². The van der Waals surface area contributed by atoms with Crippen LogP contribution in [-0.4, -0.2) is 55.0 Å². The van der Waals surface area contributed by atoms with Gasteiger partial charge in [0.15, 0.2) is 0 Å². The monoisotopic (exact) mass is 540 g/mol. The number of ether oxygens (including phenoxy) is 1. The van der Waals surface area contributed by atoms with E-state index in [1.165, 1.54) is 40.7 Å². The second kappa shape index (κ2) is 11.6. The topological polar surface area (TPSA) is 87.2 Å². The first-order valence-electron chi connectivity index (χ1n) is 12.8. The lowest BCUT2D eigenvalue weighted by molar-refractivity contribution is -0.0116. The van der Waals surface area contributed by atoms with Crippen LogP contribution in [0.3, 0.4) is 0 Å². The summed E-state index contributed by atoms with van der Waals surface area (Å²) < 4.78 is 45.8. The van der Waals surface area contributed by atoms with E-state index >= 15 is 0 Å². The van der Waals surface area contributed by atoms with Crippen LogP contribution >= 0.6 is 0 Å². The van der Waals surface area contributed by atoms with Crippen LogP contribution in [-0.2, 0) is 15.6 Å². The largest absolute Gasteiger partial charge is 0.415 e. The van der Waals surface area contributed by atoms with Crippen molar-refractivity contribution in [1.29, 1.82) is 0 Å². The van der Waals surface area contributed by atoms with E-state index in [0.717, 1.165) is 0 Å². The number of carbonyl (C=O) groups is 1. The predicted octanol–water partition coefficient (Wildman–Crippen LogP) is 5.00. The number of aliphatic hydroxyl groups is 1. The van der Waals surface area contributed by atoms with Crippen molar-refractivity contribution >= 4 is 16.1 Å². The second-order valence-corrected chi connectivity index (χ2v) is 11.3. The highest BCUT2D eigenvalue weighted by Gasteiger charge is 2.42. The molecule has 0 saturated carbocycles. The highest BCUT2D eigenvalue weighted by molar-refractivity contribution is 7.89. The van der Waals surface area contributed by atoms with Gasteiger partial charge >= 0.3 is 6.09 Å². The molecule has 3 aromatic rings. The van der Waals surface area contributed by atoms with E-state index in [9.17, 15) is 22.7 Å². The highest BCUT2D eigenvalue weighted by atomic mass is 32.2. The van der Waals surface area contributed by atoms with Crippen molar-refractivity contribution in [3.05, 3.63) is 95.8 Å². The third-order valence-corrected chi connectivity index (χ3v) is 9.28. The van der Waals surface area contributed by atoms with Gasteiger partial charge in [0.2, 0.25) is 10.0 Å².